The van der Waals surface area contributed by atoms with E-state index in [4.69, 9.17) is 16.3 Å². The van der Waals surface area contributed by atoms with Gasteiger partial charge >= 0.3 is 0 Å². The first-order valence-corrected chi connectivity index (χ1v) is 13.7. The fourth-order valence-electron chi connectivity index (χ4n) is 3.60. The Balaban J connectivity index is 1.49. The highest BCUT2D eigenvalue weighted by Gasteiger charge is 2.28. The molecule has 0 unspecified atom stereocenters. The van der Waals surface area contributed by atoms with Gasteiger partial charge in [-0.15, -0.1) is 0 Å². The van der Waals surface area contributed by atoms with E-state index in [9.17, 15) is 17.6 Å². The normalized spacial score (nSPS) is 11.6. The molecule has 1 N–H and O–H groups in total. The number of carbonyl (C=O) groups excluding carboxylic acids is 1. The van der Waals surface area contributed by atoms with Gasteiger partial charge < -0.3 is 4.74 Å². The van der Waals surface area contributed by atoms with Gasteiger partial charge in [-0.2, -0.15) is 9.41 Å². The third-order valence-electron chi connectivity index (χ3n) is 5.61. The Morgan fingerprint density at radius 1 is 0.974 bits per heavy atom. The first kappa shape index (κ1) is 28.0. The van der Waals surface area contributed by atoms with E-state index in [1.165, 1.54) is 36.5 Å². The van der Waals surface area contributed by atoms with Crippen molar-refractivity contribution < 1.29 is 22.3 Å². The third kappa shape index (κ3) is 7.51. The Morgan fingerprint density at radius 2 is 1.67 bits per heavy atom. The van der Waals surface area contributed by atoms with E-state index in [1.807, 2.05) is 37.3 Å². The molecule has 0 bridgehead atoms. The van der Waals surface area contributed by atoms with Gasteiger partial charge in [0.15, 0.2) is 0 Å². The first-order valence-electron chi connectivity index (χ1n) is 11.9. The maximum absolute atomic E-state index is 14.5. The molecule has 0 aliphatic heterocycles. The van der Waals surface area contributed by atoms with Crippen molar-refractivity contribution in [1.82, 2.24) is 9.73 Å². The Bertz CT molecular complexity index is 1560. The summed E-state index contributed by atoms with van der Waals surface area (Å²) in [7, 11) is -4.18. The van der Waals surface area contributed by atoms with Crippen molar-refractivity contribution in [2.75, 3.05) is 6.54 Å². The number of benzene rings is 4. The minimum atomic E-state index is -4.18. The minimum Gasteiger partial charge on any atom is -0.457 e. The summed E-state index contributed by atoms with van der Waals surface area (Å²) in [5.41, 5.74) is 3.80. The smallest absolute Gasteiger partial charge is 0.255 e. The predicted octanol–water partition coefficient (Wildman–Crippen LogP) is 5.92. The first-order chi connectivity index (χ1) is 18.7. The summed E-state index contributed by atoms with van der Waals surface area (Å²) in [6.45, 7) is 0.759. The summed E-state index contributed by atoms with van der Waals surface area (Å²) in [4.78, 5) is 12.7. The number of amides is 1. The Hall–Kier alpha value is -4.05. The molecule has 0 spiro atoms. The van der Waals surface area contributed by atoms with E-state index in [0.29, 0.717) is 17.1 Å². The molecule has 0 fully saturated rings. The highest BCUT2D eigenvalue weighted by atomic mass is 35.5. The van der Waals surface area contributed by atoms with Crippen LogP contribution < -0.4 is 10.2 Å². The second-order valence-corrected chi connectivity index (χ2v) is 10.9. The van der Waals surface area contributed by atoms with E-state index in [2.05, 4.69) is 10.5 Å². The van der Waals surface area contributed by atoms with Crippen LogP contribution in [-0.4, -0.2) is 31.4 Å². The molecule has 10 heteroatoms. The maximum Gasteiger partial charge on any atom is 0.255 e. The topological polar surface area (TPSA) is 88.1 Å². The zero-order valence-corrected chi connectivity index (χ0v) is 22.5. The summed E-state index contributed by atoms with van der Waals surface area (Å²) in [6.07, 6.45) is 1.41. The molecule has 7 nitrogen and oxygen atoms in total. The van der Waals surface area contributed by atoms with E-state index in [1.54, 1.807) is 36.4 Å². The van der Waals surface area contributed by atoms with Crippen LogP contribution in [0, 0.1) is 12.7 Å². The van der Waals surface area contributed by atoms with Gasteiger partial charge in [0, 0.05) is 17.1 Å². The Labute approximate surface area is 231 Å². The summed E-state index contributed by atoms with van der Waals surface area (Å²) < 4.78 is 48.0. The highest BCUT2D eigenvalue weighted by molar-refractivity contribution is 7.89. The summed E-state index contributed by atoms with van der Waals surface area (Å²) in [5, 5.41) is 4.00. The van der Waals surface area contributed by atoms with Crippen molar-refractivity contribution in [2.45, 2.75) is 18.4 Å². The molecule has 0 aromatic heterocycles. The van der Waals surface area contributed by atoms with Gasteiger partial charge in [0.25, 0.3) is 5.91 Å². The molecule has 200 valence electrons. The molecule has 0 saturated carbocycles. The number of hydrogen-bond acceptors (Lipinski definition) is 5. The van der Waals surface area contributed by atoms with Crippen LogP contribution >= 0.6 is 11.6 Å². The number of halogens is 2. The van der Waals surface area contributed by atoms with Gasteiger partial charge in [-0.3, -0.25) is 4.79 Å². The number of rotatable bonds is 10. The largest absolute Gasteiger partial charge is 0.457 e. The second kappa shape index (κ2) is 12.7. The number of hydrazone groups is 1. The van der Waals surface area contributed by atoms with Crippen molar-refractivity contribution in [3.63, 3.8) is 0 Å². The van der Waals surface area contributed by atoms with Crippen molar-refractivity contribution in [3.05, 3.63) is 125 Å². The zero-order chi connectivity index (χ0) is 27.8. The van der Waals surface area contributed by atoms with Crippen LogP contribution in [0.4, 0.5) is 4.39 Å². The lowest BCUT2D eigenvalue weighted by atomic mass is 10.2. The fraction of sp³-hybridized carbons (Fsp3) is 0.103. The Morgan fingerprint density at radius 3 is 2.38 bits per heavy atom. The standard InChI is InChI=1S/C29H25ClFN3O4S/c1-21-13-15-25(16-14-21)39(36,37)34(19-26-27(30)11-6-12-28(26)31)20-29(35)33-32-18-22-7-5-10-24(17-22)38-23-8-3-2-4-9-23/h2-18H,19-20H2,1H3,(H,33,35)/b32-18-. The number of nitrogens with zero attached hydrogens (tertiary/aromatic N) is 2. The van der Waals surface area contributed by atoms with Gasteiger partial charge in [0.1, 0.15) is 17.3 Å². The van der Waals surface area contributed by atoms with Gasteiger partial charge in [0.2, 0.25) is 10.0 Å². The molecule has 0 radical (unpaired) electrons. The molecule has 4 aromatic rings. The maximum atomic E-state index is 14.5. The number of hydrogen-bond donors (Lipinski definition) is 1. The summed E-state index contributed by atoms with van der Waals surface area (Å²) >= 11 is 6.15. The lowest BCUT2D eigenvalue weighted by molar-refractivity contribution is -0.121. The number of nitrogens with one attached hydrogen (secondary N) is 1. The average Bonchev–Trinajstić information content (AvgIpc) is 2.91. The molecule has 0 atom stereocenters. The molecule has 0 aliphatic carbocycles. The lowest BCUT2D eigenvalue weighted by Crippen LogP contribution is -2.39. The van der Waals surface area contributed by atoms with Gasteiger partial charge in [0.05, 0.1) is 17.7 Å². The van der Waals surface area contributed by atoms with Crippen LogP contribution in [0.3, 0.4) is 0 Å². The number of ether oxygens (including phenoxy) is 1. The zero-order valence-electron chi connectivity index (χ0n) is 20.9. The lowest BCUT2D eigenvalue weighted by Gasteiger charge is -2.22. The highest BCUT2D eigenvalue weighted by Crippen LogP contribution is 2.25. The molecule has 0 saturated heterocycles. The van der Waals surface area contributed by atoms with Gasteiger partial charge in [-0.25, -0.2) is 18.2 Å². The van der Waals surface area contributed by atoms with E-state index < -0.39 is 34.8 Å². The van der Waals surface area contributed by atoms with Crippen molar-refractivity contribution in [1.29, 1.82) is 0 Å². The summed E-state index contributed by atoms with van der Waals surface area (Å²) in [5.74, 6) is -0.146. The average molecular weight is 566 g/mol. The third-order valence-corrected chi connectivity index (χ3v) is 7.77. The molecular weight excluding hydrogens is 541 g/mol. The Kier molecular flexibility index (Phi) is 9.08. The molecular formula is C29H25ClFN3O4S. The quantitative estimate of drug-likeness (QED) is 0.191. The van der Waals surface area contributed by atoms with Crippen LogP contribution in [0.2, 0.25) is 5.02 Å². The molecule has 4 rings (SSSR count). The van der Waals surface area contributed by atoms with Crippen molar-refractivity contribution >= 4 is 33.7 Å². The monoisotopic (exact) mass is 565 g/mol. The second-order valence-electron chi connectivity index (χ2n) is 8.57. The van der Waals surface area contributed by atoms with Crippen LogP contribution in [0.15, 0.2) is 107 Å². The van der Waals surface area contributed by atoms with Crippen LogP contribution in [-0.2, 0) is 21.4 Å². The van der Waals surface area contributed by atoms with E-state index in [0.717, 1.165) is 9.87 Å². The molecule has 0 heterocycles. The number of carbonyl (C=O) groups is 1. The molecule has 1 amide bonds. The number of para-hydroxylation sites is 1. The molecule has 0 aliphatic rings. The van der Waals surface area contributed by atoms with E-state index in [-0.39, 0.29) is 15.5 Å². The minimum absolute atomic E-state index is 0.0351. The van der Waals surface area contributed by atoms with Gasteiger partial charge in [-0.05, 0) is 61.0 Å². The number of sulfonamides is 1. The van der Waals surface area contributed by atoms with E-state index >= 15 is 0 Å². The molecule has 39 heavy (non-hydrogen) atoms. The van der Waals surface area contributed by atoms with Crippen LogP contribution in [0.1, 0.15) is 16.7 Å². The van der Waals surface area contributed by atoms with Crippen LogP contribution in [0.25, 0.3) is 0 Å². The number of aryl methyl sites for hydroxylation is 1. The fourth-order valence-corrected chi connectivity index (χ4v) is 5.19. The van der Waals surface area contributed by atoms with Crippen LogP contribution in [0.5, 0.6) is 11.5 Å². The SMILES string of the molecule is Cc1ccc(S(=O)(=O)N(CC(=O)N/N=C\c2cccc(Oc3ccccc3)c2)Cc2c(F)cccc2Cl)cc1. The molecule has 4 aromatic carbocycles. The van der Waals surface area contributed by atoms with Crippen molar-refractivity contribution in [2.24, 2.45) is 5.10 Å². The van der Waals surface area contributed by atoms with Crippen molar-refractivity contribution in [3.8, 4) is 11.5 Å². The van der Waals surface area contributed by atoms with Gasteiger partial charge in [-0.1, -0.05) is 65.7 Å². The predicted molar refractivity (Wildman–Crippen MR) is 149 cm³/mol. The summed E-state index contributed by atoms with van der Waals surface area (Å²) in [6, 6.07) is 26.5.